The number of hydrogen-bond donors (Lipinski definition) is 2. The number of rotatable bonds is 3. The van der Waals surface area contributed by atoms with Crippen LogP contribution in [0, 0.1) is 5.92 Å². The van der Waals surface area contributed by atoms with E-state index in [0.29, 0.717) is 5.92 Å². The third kappa shape index (κ3) is 3.25. The molecule has 1 aliphatic rings. The summed E-state index contributed by atoms with van der Waals surface area (Å²) < 4.78 is 5.26. The van der Waals surface area contributed by atoms with Crippen LogP contribution in [-0.2, 0) is 4.74 Å². The lowest BCUT2D eigenvalue weighted by Crippen LogP contribution is -2.45. The van der Waals surface area contributed by atoms with Crippen LogP contribution in [-0.4, -0.2) is 30.0 Å². The normalized spacial score (nSPS) is 26.8. The number of aliphatic hydroxyl groups is 1. The van der Waals surface area contributed by atoms with Gasteiger partial charge in [0.1, 0.15) is 0 Å². The maximum atomic E-state index is 9.98. The molecule has 2 unspecified atom stereocenters. The minimum atomic E-state index is -0.720. The zero-order chi connectivity index (χ0) is 9.90. The monoisotopic (exact) mass is 187 g/mol. The van der Waals surface area contributed by atoms with E-state index in [2.05, 4.69) is 0 Å². The molecule has 0 aromatic rings. The van der Waals surface area contributed by atoms with Gasteiger partial charge < -0.3 is 15.6 Å². The van der Waals surface area contributed by atoms with E-state index >= 15 is 0 Å². The van der Waals surface area contributed by atoms with Gasteiger partial charge in [-0.1, -0.05) is 0 Å². The maximum Gasteiger partial charge on any atom is 0.0769 e. The minimum Gasteiger partial charge on any atom is -0.389 e. The Hall–Kier alpha value is -0.120. The van der Waals surface area contributed by atoms with Crippen LogP contribution < -0.4 is 5.73 Å². The topological polar surface area (TPSA) is 55.5 Å². The summed E-state index contributed by atoms with van der Waals surface area (Å²) in [5.41, 5.74) is 4.99. The lowest BCUT2D eigenvalue weighted by molar-refractivity contribution is -0.0124. The van der Waals surface area contributed by atoms with Crippen molar-refractivity contribution in [2.45, 2.75) is 44.8 Å². The van der Waals surface area contributed by atoms with Crippen molar-refractivity contribution in [1.82, 2.24) is 0 Å². The van der Waals surface area contributed by atoms with Crippen molar-refractivity contribution in [3.8, 4) is 0 Å². The Morgan fingerprint density at radius 3 is 2.54 bits per heavy atom. The highest BCUT2D eigenvalue weighted by Gasteiger charge is 2.29. The average molecular weight is 187 g/mol. The molecule has 0 amide bonds. The molecule has 1 heterocycles. The van der Waals surface area contributed by atoms with Gasteiger partial charge in [-0.25, -0.2) is 0 Å². The third-order valence-electron chi connectivity index (χ3n) is 3.02. The summed E-state index contributed by atoms with van der Waals surface area (Å²) in [5.74, 6) is 0.578. The molecule has 1 aliphatic heterocycles. The van der Waals surface area contributed by atoms with Crippen LogP contribution in [0.4, 0.5) is 0 Å². The summed E-state index contributed by atoms with van der Waals surface area (Å²) in [4.78, 5) is 0. The molecule has 3 heteroatoms. The molecule has 0 radical (unpaired) electrons. The van der Waals surface area contributed by atoms with E-state index in [1.165, 1.54) is 0 Å². The van der Waals surface area contributed by atoms with Crippen molar-refractivity contribution in [2.75, 3.05) is 13.2 Å². The summed E-state index contributed by atoms with van der Waals surface area (Å²) in [6.07, 6.45) is 2.92. The summed E-state index contributed by atoms with van der Waals surface area (Å²) >= 11 is 0. The Balaban J connectivity index is 2.37. The Kier molecular flexibility index (Phi) is 3.71. The van der Waals surface area contributed by atoms with Crippen LogP contribution in [0.1, 0.15) is 33.1 Å². The van der Waals surface area contributed by atoms with Gasteiger partial charge >= 0.3 is 0 Å². The Bertz CT molecular complexity index is 151. The van der Waals surface area contributed by atoms with Gasteiger partial charge in [-0.3, -0.25) is 0 Å². The van der Waals surface area contributed by atoms with Crippen LogP contribution in [0.25, 0.3) is 0 Å². The lowest BCUT2D eigenvalue weighted by atomic mass is 9.83. The van der Waals surface area contributed by atoms with Crippen molar-refractivity contribution in [1.29, 1.82) is 0 Å². The van der Waals surface area contributed by atoms with E-state index in [4.69, 9.17) is 10.5 Å². The first-order chi connectivity index (χ1) is 6.02. The average Bonchev–Trinajstić information content (AvgIpc) is 2.05. The smallest absolute Gasteiger partial charge is 0.0769 e. The van der Waals surface area contributed by atoms with E-state index in [1.54, 1.807) is 0 Å². The zero-order valence-electron chi connectivity index (χ0n) is 8.62. The van der Waals surface area contributed by atoms with E-state index in [-0.39, 0.29) is 6.04 Å². The molecule has 13 heavy (non-hydrogen) atoms. The molecule has 1 fully saturated rings. The van der Waals surface area contributed by atoms with E-state index in [1.807, 2.05) is 13.8 Å². The molecule has 0 aromatic heterocycles. The highest BCUT2D eigenvalue weighted by molar-refractivity contribution is 4.85. The molecule has 3 nitrogen and oxygen atoms in total. The highest BCUT2D eigenvalue weighted by Crippen LogP contribution is 2.26. The van der Waals surface area contributed by atoms with Crippen molar-refractivity contribution < 1.29 is 9.84 Å². The second kappa shape index (κ2) is 4.40. The van der Waals surface area contributed by atoms with Crippen LogP contribution in [0.3, 0.4) is 0 Å². The van der Waals surface area contributed by atoms with Gasteiger partial charge in [-0.2, -0.15) is 0 Å². The molecule has 0 spiro atoms. The summed E-state index contributed by atoms with van der Waals surface area (Å²) in [5, 5.41) is 9.98. The van der Waals surface area contributed by atoms with Gasteiger partial charge in [-0.05, 0) is 39.0 Å². The molecule has 78 valence electrons. The van der Waals surface area contributed by atoms with Crippen molar-refractivity contribution in [3.63, 3.8) is 0 Å². The molecule has 1 rings (SSSR count). The fourth-order valence-corrected chi connectivity index (χ4v) is 1.72. The second-order valence-corrected chi connectivity index (χ2v) is 4.41. The number of ether oxygens (including phenoxy) is 1. The zero-order valence-corrected chi connectivity index (χ0v) is 8.62. The molecule has 0 bridgehead atoms. The number of hydrogen-bond acceptors (Lipinski definition) is 3. The summed E-state index contributed by atoms with van der Waals surface area (Å²) in [6, 6.07) is -0.157. The molecule has 1 saturated heterocycles. The molecule has 2 atom stereocenters. The third-order valence-corrected chi connectivity index (χ3v) is 3.02. The van der Waals surface area contributed by atoms with Crippen LogP contribution in [0.15, 0.2) is 0 Å². The largest absolute Gasteiger partial charge is 0.389 e. The SMILES string of the molecule is CC(N)C(C)(O)CC1CCOCC1. The van der Waals surface area contributed by atoms with Crippen molar-refractivity contribution in [2.24, 2.45) is 11.7 Å². The van der Waals surface area contributed by atoms with Crippen LogP contribution in [0.2, 0.25) is 0 Å². The van der Waals surface area contributed by atoms with Gasteiger partial charge in [0, 0.05) is 19.3 Å². The van der Waals surface area contributed by atoms with Gasteiger partial charge in [0.25, 0.3) is 0 Å². The molecular formula is C10H21NO2. The standard InChI is InChI=1S/C10H21NO2/c1-8(11)10(2,12)7-9-3-5-13-6-4-9/h8-9,12H,3-7,11H2,1-2H3. The number of nitrogens with two attached hydrogens (primary N) is 1. The van der Waals surface area contributed by atoms with Crippen LogP contribution >= 0.6 is 0 Å². The Morgan fingerprint density at radius 2 is 2.08 bits per heavy atom. The van der Waals surface area contributed by atoms with Gasteiger partial charge in [0.2, 0.25) is 0 Å². The predicted octanol–water partition coefficient (Wildman–Crippen LogP) is 0.901. The molecule has 0 aromatic carbocycles. The second-order valence-electron chi connectivity index (χ2n) is 4.41. The van der Waals surface area contributed by atoms with Crippen molar-refractivity contribution >= 4 is 0 Å². The van der Waals surface area contributed by atoms with Gasteiger partial charge in [0.05, 0.1) is 5.60 Å². The van der Waals surface area contributed by atoms with E-state index < -0.39 is 5.60 Å². The lowest BCUT2D eigenvalue weighted by Gasteiger charge is -2.33. The van der Waals surface area contributed by atoms with Gasteiger partial charge in [-0.15, -0.1) is 0 Å². The molecular weight excluding hydrogens is 166 g/mol. The van der Waals surface area contributed by atoms with Gasteiger partial charge in [0.15, 0.2) is 0 Å². The Labute approximate surface area is 80.3 Å². The molecule has 3 N–H and O–H groups in total. The minimum absolute atomic E-state index is 0.157. The predicted molar refractivity (Wildman–Crippen MR) is 52.4 cm³/mol. The molecule has 0 aliphatic carbocycles. The fourth-order valence-electron chi connectivity index (χ4n) is 1.72. The van der Waals surface area contributed by atoms with Crippen molar-refractivity contribution in [3.05, 3.63) is 0 Å². The quantitative estimate of drug-likeness (QED) is 0.690. The Morgan fingerprint density at radius 1 is 1.54 bits per heavy atom. The maximum absolute atomic E-state index is 9.98. The first kappa shape index (κ1) is 11.0. The highest BCUT2D eigenvalue weighted by atomic mass is 16.5. The first-order valence-corrected chi connectivity index (χ1v) is 5.08. The summed E-state index contributed by atoms with van der Waals surface area (Å²) in [7, 11) is 0. The first-order valence-electron chi connectivity index (χ1n) is 5.08. The van der Waals surface area contributed by atoms with Crippen LogP contribution in [0.5, 0.6) is 0 Å². The van der Waals surface area contributed by atoms with E-state index in [9.17, 15) is 5.11 Å². The van der Waals surface area contributed by atoms with E-state index in [0.717, 1.165) is 32.5 Å². The summed E-state index contributed by atoms with van der Waals surface area (Å²) in [6.45, 7) is 5.35. The molecule has 0 saturated carbocycles. The fraction of sp³-hybridized carbons (Fsp3) is 1.00.